The second kappa shape index (κ2) is 8.03. The van der Waals surface area contributed by atoms with Crippen molar-refractivity contribution in [3.05, 3.63) is 88.6 Å². The van der Waals surface area contributed by atoms with Crippen molar-refractivity contribution in [2.75, 3.05) is 0 Å². The van der Waals surface area contributed by atoms with Crippen molar-refractivity contribution in [3.63, 3.8) is 0 Å². The quantitative estimate of drug-likeness (QED) is 0.484. The number of aromatic carboxylic acids is 1. The Hall–Kier alpha value is -3.22. The number of halogens is 2. The van der Waals surface area contributed by atoms with Gasteiger partial charge in [-0.05, 0) is 48.0 Å². The van der Waals surface area contributed by atoms with Gasteiger partial charge in [-0.15, -0.1) is 0 Å². The van der Waals surface area contributed by atoms with Gasteiger partial charge in [0.15, 0.2) is 5.69 Å². The highest BCUT2D eigenvalue weighted by atomic mass is 35.5. The summed E-state index contributed by atoms with van der Waals surface area (Å²) in [4.78, 5) is 25.1. The van der Waals surface area contributed by atoms with Crippen molar-refractivity contribution in [2.24, 2.45) is 0 Å². The van der Waals surface area contributed by atoms with E-state index < -0.39 is 5.97 Å². The van der Waals surface area contributed by atoms with Crippen LogP contribution in [0.3, 0.4) is 0 Å². The molecule has 3 aromatic heterocycles. The number of pyridine rings is 2. The zero-order valence-electron chi connectivity index (χ0n) is 15.0. The minimum absolute atomic E-state index is 0.0351. The van der Waals surface area contributed by atoms with Crippen LogP contribution in [0.1, 0.15) is 16.1 Å². The maximum atomic E-state index is 12.2. The number of carbonyl (C=O) groups is 1. The Morgan fingerprint density at radius 2 is 1.69 bits per heavy atom. The molecule has 0 saturated heterocycles. The molecule has 8 heteroatoms. The molecule has 4 aromatic rings. The van der Waals surface area contributed by atoms with E-state index in [2.05, 4.69) is 15.0 Å². The Morgan fingerprint density at radius 3 is 2.31 bits per heavy atom. The van der Waals surface area contributed by atoms with Gasteiger partial charge in [0.2, 0.25) is 0 Å². The Labute approximate surface area is 176 Å². The number of nitrogens with zero attached hydrogens (tertiary/aromatic N) is 4. The van der Waals surface area contributed by atoms with Crippen LogP contribution in [0.25, 0.3) is 22.6 Å². The van der Waals surface area contributed by atoms with Crippen LogP contribution >= 0.6 is 23.2 Å². The highest BCUT2D eigenvalue weighted by Crippen LogP contribution is 2.31. The standard InChI is InChI=1S/C21H14Cl2N4O2/c22-16-5-6-17(23)15(9-16)12-27-19(21(28)29)18(13-3-1-7-24-10-13)26-20(27)14-4-2-8-25-11-14/h1-11H,12H2,(H,28,29). The number of rotatable bonds is 5. The van der Waals surface area contributed by atoms with Crippen LogP contribution in [0.5, 0.6) is 0 Å². The monoisotopic (exact) mass is 424 g/mol. The molecule has 1 N–H and O–H groups in total. The van der Waals surface area contributed by atoms with Gasteiger partial charge < -0.3 is 9.67 Å². The molecule has 4 rings (SSSR count). The molecule has 1 aromatic carbocycles. The Balaban J connectivity index is 1.97. The van der Waals surface area contributed by atoms with Crippen LogP contribution in [0.4, 0.5) is 0 Å². The molecular formula is C21H14Cl2N4O2. The van der Waals surface area contributed by atoms with Gasteiger partial charge in [0.1, 0.15) is 11.5 Å². The lowest BCUT2D eigenvalue weighted by atomic mass is 10.1. The predicted octanol–water partition coefficient (Wildman–Crippen LogP) is 5.06. The molecule has 3 heterocycles. The summed E-state index contributed by atoms with van der Waals surface area (Å²) in [6.45, 7) is 0.179. The summed E-state index contributed by atoms with van der Waals surface area (Å²) in [5.74, 6) is -0.643. The Bertz CT molecular complexity index is 1180. The number of hydrogen-bond acceptors (Lipinski definition) is 4. The minimum Gasteiger partial charge on any atom is -0.477 e. The first-order valence-corrected chi connectivity index (χ1v) is 9.38. The normalized spacial score (nSPS) is 10.8. The Morgan fingerprint density at radius 1 is 1.00 bits per heavy atom. The van der Waals surface area contributed by atoms with E-state index in [9.17, 15) is 9.90 Å². The van der Waals surface area contributed by atoms with Crippen molar-refractivity contribution in [3.8, 4) is 22.6 Å². The number of benzene rings is 1. The summed E-state index contributed by atoms with van der Waals surface area (Å²) in [6, 6.07) is 12.2. The van der Waals surface area contributed by atoms with E-state index >= 15 is 0 Å². The summed E-state index contributed by atoms with van der Waals surface area (Å²) in [7, 11) is 0. The molecule has 0 amide bonds. The molecule has 0 bridgehead atoms. The van der Waals surface area contributed by atoms with Crippen molar-refractivity contribution in [2.45, 2.75) is 6.54 Å². The number of imidazole rings is 1. The molecule has 0 unspecified atom stereocenters. The van der Waals surface area contributed by atoms with Gasteiger partial charge in [0.05, 0.1) is 6.54 Å². The largest absolute Gasteiger partial charge is 0.477 e. The lowest BCUT2D eigenvalue weighted by Crippen LogP contribution is -2.12. The lowest BCUT2D eigenvalue weighted by Gasteiger charge is -2.12. The van der Waals surface area contributed by atoms with Gasteiger partial charge in [-0.2, -0.15) is 0 Å². The van der Waals surface area contributed by atoms with Crippen molar-refractivity contribution in [1.29, 1.82) is 0 Å². The number of carboxylic acids is 1. The van der Waals surface area contributed by atoms with Crippen LogP contribution < -0.4 is 0 Å². The second-order valence-electron chi connectivity index (χ2n) is 6.24. The van der Waals surface area contributed by atoms with Crippen LogP contribution in [0, 0.1) is 0 Å². The van der Waals surface area contributed by atoms with Gasteiger partial charge in [-0.1, -0.05) is 23.2 Å². The first-order chi connectivity index (χ1) is 14.0. The first-order valence-electron chi connectivity index (χ1n) is 8.63. The molecule has 0 atom stereocenters. The molecule has 144 valence electrons. The van der Waals surface area contributed by atoms with Gasteiger partial charge in [-0.25, -0.2) is 9.78 Å². The fraction of sp³-hybridized carbons (Fsp3) is 0.0476. The average molecular weight is 425 g/mol. The molecule has 0 aliphatic heterocycles. The van der Waals surface area contributed by atoms with E-state index in [0.29, 0.717) is 38.3 Å². The molecule has 29 heavy (non-hydrogen) atoms. The average Bonchev–Trinajstić information content (AvgIpc) is 3.11. The summed E-state index contributed by atoms with van der Waals surface area (Å²) in [6.07, 6.45) is 6.48. The smallest absolute Gasteiger partial charge is 0.354 e. The van der Waals surface area contributed by atoms with Crippen LogP contribution in [0.2, 0.25) is 10.0 Å². The first kappa shape index (κ1) is 19.1. The van der Waals surface area contributed by atoms with Gasteiger partial charge in [-0.3, -0.25) is 9.97 Å². The topological polar surface area (TPSA) is 80.9 Å². The van der Waals surface area contributed by atoms with Gasteiger partial charge in [0, 0.05) is 46.0 Å². The third-order valence-corrected chi connectivity index (χ3v) is 4.96. The van der Waals surface area contributed by atoms with Crippen molar-refractivity contribution in [1.82, 2.24) is 19.5 Å². The van der Waals surface area contributed by atoms with Crippen molar-refractivity contribution < 1.29 is 9.90 Å². The highest BCUT2D eigenvalue weighted by Gasteiger charge is 2.25. The number of aromatic nitrogens is 4. The summed E-state index contributed by atoms with van der Waals surface area (Å²) in [5, 5.41) is 11.0. The second-order valence-corrected chi connectivity index (χ2v) is 7.09. The van der Waals surface area contributed by atoms with Crippen molar-refractivity contribution >= 4 is 29.2 Å². The van der Waals surface area contributed by atoms with E-state index in [-0.39, 0.29) is 12.2 Å². The maximum Gasteiger partial charge on any atom is 0.354 e. The molecule has 0 radical (unpaired) electrons. The van der Waals surface area contributed by atoms with Crippen LogP contribution in [-0.2, 0) is 6.54 Å². The summed E-state index contributed by atoms with van der Waals surface area (Å²) >= 11 is 12.5. The fourth-order valence-electron chi connectivity index (χ4n) is 3.08. The minimum atomic E-state index is -1.11. The SMILES string of the molecule is O=C(O)c1c(-c2cccnc2)nc(-c2cccnc2)n1Cc1cc(Cl)ccc1Cl. The third-order valence-electron chi connectivity index (χ3n) is 4.36. The Kier molecular flexibility index (Phi) is 5.29. The third kappa shape index (κ3) is 3.85. The zero-order valence-corrected chi connectivity index (χ0v) is 16.5. The number of hydrogen-bond donors (Lipinski definition) is 1. The molecule has 0 saturated carbocycles. The molecule has 0 spiro atoms. The lowest BCUT2D eigenvalue weighted by molar-refractivity contribution is 0.0686. The summed E-state index contributed by atoms with van der Waals surface area (Å²) < 4.78 is 1.61. The molecule has 0 aliphatic carbocycles. The molecule has 0 aliphatic rings. The number of carboxylic acid groups (broad SMARTS) is 1. The zero-order chi connectivity index (χ0) is 20.4. The highest BCUT2D eigenvalue weighted by molar-refractivity contribution is 6.33. The van der Waals surface area contributed by atoms with E-state index in [1.165, 1.54) is 0 Å². The molecule has 6 nitrogen and oxygen atoms in total. The van der Waals surface area contributed by atoms with E-state index in [4.69, 9.17) is 23.2 Å². The molecular weight excluding hydrogens is 411 g/mol. The van der Waals surface area contributed by atoms with E-state index in [0.717, 1.165) is 0 Å². The fourth-order valence-corrected chi connectivity index (χ4v) is 3.45. The maximum absolute atomic E-state index is 12.2. The van der Waals surface area contributed by atoms with Gasteiger partial charge >= 0.3 is 5.97 Å². The molecule has 0 fully saturated rings. The van der Waals surface area contributed by atoms with Gasteiger partial charge in [0.25, 0.3) is 0 Å². The predicted molar refractivity (Wildman–Crippen MR) is 111 cm³/mol. The summed E-state index contributed by atoms with van der Waals surface area (Å²) in [5.41, 5.74) is 2.33. The van der Waals surface area contributed by atoms with Crippen LogP contribution in [-0.4, -0.2) is 30.6 Å². The van der Waals surface area contributed by atoms with E-state index in [1.807, 2.05) is 6.07 Å². The van der Waals surface area contributed by atoms with E-state index in [1.54, 1.807) is 65.8 Å². The van der Waals surface area contributed by atoms with Crippen LogP contribution in [0.15, 0.2) is 67.3 Å².